The van der Waals surface area contributed by atoms with Gasteiger partial charge in [-0.25, -0.2) is 0 Å². The van der Waals surface area contributed by atoms with Crippen LogP contribution in [0.25, 0.3) is 0 Å². The summed E-state index contributed by atoms with van der Waals surface area (Å²) in [5.41, 5.74) is 0.233. The molecule has 104 valence electrons. The predicted molar refractivity (Wildman–Crippen MR) is 75.6 cm³/mol. The van der Waals surface area contributed by atoms with Crippen LogP contribution in [0.2, 0.25) is 0 Å². The third-order valence-electron chi connectivity index (χ3n) is 2.22. The van der Waals surface area contributed by atoms with E-state index in [4.69, 9.17) is 4.74 Å². The average Bonchev–Trinajstić information content (AvgIpc) is 2.11. The molecule has 0 aromatic heterocycles. The van der Waals surface area contributed by atoms with E-state index in [1.165, 1.54) is 6.42 Å². The Balaban J connectivity index is 3.15. The minimum atomic E-state index is -0.00334. The molecule has 0 aliphatic rings. The van der Waals surface area contributed by atoms with Gasteiger partial charge in [-0.1, -0.05) is 0 Å². The highest BCUT2D eigenvalue weighted by Gasteiger charge is 2.08. The summed E-state index contributed by atoms with van der Waals surface area (Å²) in [7, 11) is 0. The molecule has 3 nitrogen and oxygen atoms in total. The summed E-state index contributed by atoms with van der Waals surface area (Å²) in [6, 6.07) is 0. The highest BCUT2D eigenvalue weighted by Crippen LogP contribution is 2.06. The second kappa shape index (κ2) is 8.06. The van der Waals surface area contributed by atoms with E-state index >= 15 is 0 Å². The van der Waals surface area contributed by atoms with Crippen molar-refractivity contribution >= 4 is 0 Å². The van der Waals surface area contributed by atoms with Crippen molar-refractivity contribution in [3.05, 3.63) is 0 Å². The molecule has 0 rings (SSSR count). The van der Waals surface area contributed by atoms with Crippen LogP contribution in [0.1, 0.15) is 54.4 Å². The van der Waals surface area contributed by atoms with Gasteiger partial charge in [0.2, 0.25) is 0 Å². The molecule has 0 saturated carbocycles. The fourth-order valence-corrected chi connectivity index (χ4v) is 1.38. The molecule has 0 spiro atoms. The Labute approximate surface area is 108 Å². The zero-order valence-electron chi connectivity index (χ0n) is 12.7. The van der Waals surface area contributed by atoms with Crippen molar-refractivity contribution in [3.63, 3.8) is 0 Å². The first kappa shape index (κ1) is 16.9. The molecule has 3 heteroatoms. The van der Waals surface area contributed by atoms with Crippen molar-refractivity contribution in [2.75, 3.05) is 26.2 Å². The van der Waals surface area contributed by atoms with Crippen LogP contribution in [0, 0.1) is 0 Å². The smallest absolute Gasteiger partial charge is 0.0598 e. The zero-order valence-corrected chi connectivity index (χ0v) is 12.7. The van der Waals surface area contributed by atoms with Gasteiger partial charge in [-0.3, -0.25) is 0 Å². The fraction of sp³-hybridized carbons (Fsp3) is 1.00. The molecule has 0 aliphatic heterocycles. The van der Waals surface area contributed by atoms with E-state index in [9.17, 15) is 0 Å². The Morgan fingerprint density at radius 2 is 1.41 bits per heavy atom. The lowest BCUT2D eigenvalue weighted by atomic mass is 10.1. The number of hydrogen-bond acceptors (Lipinski definition) is 3. The summed E-state index contributed by atoms with van der Waals surface area (Å²) >= 11 is 0. The van der Waals surface area contributed by atoms with Gasteiger partial charge in [0.25, 0.3) is 0 Å². The summed E-state index contributed by atoms with van der Waals surface area (Å²) < 4.78 is 5.65. The molecule has 0 fully saturated rings. The van der Waals surface area contributed by atoms with E-state index in [1.54, 1.807) is 0 Å². The maximum absolute atomic E-state index is 5.65. The molecule has 0 bridgehead atoms. The molecule has 0 aliphatic carbocycles. The Kier molecular flexibility index (Phi) is 8.01. The molecular weight excluding hydrogens is 212 g/mol. The van der Waals surface area contributed by atoms with Gasteiger partial charge in [0, 0.05) is 12.1 Å². The summed E-state index contributed by atoms with van der Waals surface area (Å²) in [6.07, 6.45) is 2.27. The van der Waals surface area contributed by atoms with Gasteiger partial charge in [0.1, 0.15) is 0 Å². The fourth-order valence-electron chi connectivity index (χ4n) is 1.38. The minimum absolute atomic E-state index is 0.00334. The van der Waals surface area contributed by atoms with Crippen LogP contribution in [0.3, 0.4) is 0 Å². The van der Waals surface area contributed by atoms with Crippen LogP contribution in [0.4, 0.5) is 0 Å². The molecule has 0 unspecified atom stereocenters. The highest BCUT2D eigenvalue weighted by atomic mass is 16.5. The van der Waals surface area contributed by atoms with E-state index < -0.39 is 0 Å². The van der Waals surface area contributed by atoms with E-state index in [1.807, 2.05) is 0 Å². The SMILES string of the molecule is CC(C)(C)NCCCNCCCOC(C)(C)C. The van der Waals surface area contributed by atoms with E-state index in [0.29, 0.717) is 0 Å². The summed E-state index contributed by atoms with van der Waals surface area (Å²) in [5.74, 6) is 0. The van der Waals surface area contributed by atoms with Crippen LogP contribution < -0.4 is 10.6 Å². The average molecular weight is 244 g/mol. The highest BCUT2D eigenvalue weighted by molar-refractivity contribution is 4.69. The Morgan fingerprint density at radius 1 is 0.824 bits per heavy atom. The maximum Gasteiger partial charge on any atom is 0.0598 e. The quantitative estimate of drug-likeness (QED) is 0.644. The molecule has 0 atom stereocenters. The lowest BCUT2D eigenvalue weighted by Crippen LogP contribution is -2.37. The van der Waals surface area contributed by atoms with Gasteiger partial charge >= 0.3 is 0 Å². The van der Waals surface area contributed by atoms with Gasteiger partial charge in [-0.05, 0) is 74.0 Å². The van der Waals surface area contributed by atoms with Crippen LogP contribution in [0.5, 0.6) is 0 Å². The predicted octanol–water partition coefficient (Wildman–Crippen LogP) is 2.56. The van der Waals surface area contributed by atoms with E-state index in [-0.39, 0.29) is 11.1 Å². The zero-order chi connectivity index (χ0) is 13.4. The Bertz CT molecular complexity index is 160. The van der Waals surface area contributed by atoms with Gasteiger partial charge in [0.05, 0.1) is 5.60 Å². The molecule has 17 heavy (non-hydrogen) atoms. The molecule has 2 N–H and O–H groups in total. The third-order valence-corrected chi connectivity index (χ3v) is 2.22. The first-order valence-electron chi connectivity index (χ1n) is 6.80. The lowest BCUT2D eigenvalue weighted by Gasteiger charge is -2.20. The topological polar surface area (TPSA) is 33.3 Å². The lowest BCUT2D eigenvalue weighted by molar-refractivity contribution is -0.00375. The normalized spacial score (nSPS) is 13.1. The van der Waals surface area contributed by atoms with Crippen LogP contribution in [-0.2, 0) is 4.74 Å². The largest absolute Gasteiger partial charge is 0.376 e. The number of hydrogen-bond donors (Lipinski definition) is 2. The second-order valence-corrected chi connectivity index (χ2v) is 6.59. The monoisotopic (exact) mass is 244 g/mol. The van der Waals surface area contributed by atoms with Crippen LogP contribution >= 0.6 is 0 Å². The summed E-state index contributed by atoms with van der Waals surface area (Å²) in [5, 5.41) is 6.92. The van der Waals surface area contributed by atoms with E-state index in [2.05, 4.69) is 52.2 Å². The van der Waals surface area contributed by atoms with Crippen molar-refractivity contribution in [2.24, 2.45) is 0 Å². The molecule has 0 aromatic rings. The first-order chi connectivity index (χ1) is 7.71. The number of rotatable bonds is 8. The van der Waals surface area contributed by atoms with Crippen LogP contribution in [-0.4, -0.2) is 37.4 Å². The second-order valence-electron chi connectivity index (χ2n) is 6.59. The first-order valence-corrected chi connectivity index (χ1v) is 6.80. The van der Waals surface area contributed by atoms with Crippen molar-refractivity contribution in [2.45, 2.75) is 65.5 Å². The van der Waals surface area contributed by atoms with Gasteiger partial charge < -0.3 is 15.4 Å². The van der Waals surface area contributed by atoms with E-state index in [0.717, 1.165) is 32.7 Å². The molecule has 0 radical (unpaired) electrons. The van der Waals surface area contributed by atoms with Gasteiger partial charge in [-0.2, -0.15) is 0 Å². The van der Waals surface area contributed by atoms with Crippen molar-refractivity contribution in [1.29, 1.82) is 0 Å². The van der Waals surface area contributed by atoms with Crippen LogP contribution in [0.15, 0.2) is 0 Å². The molecule has 0 aromatic carbocycles. The minimum Gasteiger partial charge on any atom is -0.376 e. The van der Waals surface area contributed by atoms with Gasteiger partial charge in [-0.15, -0.1) is 0 Å². The summed E-state index contributed by atoms with van der Waals surface area (Å²) in [6.45, 7) is 16.9. The summed E-state index contributed by atoms with van der Waals surface area (Å²) in [4.78, 5) is 0. The number of nitrogens with one attached hydrogen (secondary N) is 2. The van der Waals surface area contributed by atoms with Gasteiger partial charge in [0.15, 0.2) is 0 Å². The molecule has 0 saturated heterocycles. The van der Waals surface area contributed by atoms with Crippen molar-refractivity contribution < 1.29 is 4.74 Å². The standard InChI is InChI=1S/C14H32N2O/c1-13(2,3)16-11-7-9-15-10-8-12-17-14(4,5)6/h15-16H,7-12H2,1-6H3. The molecule has 0 amide bonds. The molecular formula is C14H32N2O. The third kappa shape index (κ3) is 15.9. The van der Waals surface area contributed by atoms with Crippen molar-refractivity contribution in [3.8, 4) is 0 Å². The molecule has 0 heterocycles. The maximum atomic E-state index is 5.65. The number of ether oxygens (including phenoxy) is 1. The van der Waals surface area contributed by atoms with Crippen molar-refractivity contribution in [1.82, 2.24) is 10.6 Å². The Morgan fingerprint density at radius 3 is 1.94 bits per heavy atom. The Hall–Kier alpha value is -0.120.